The molecule has 96 valence electrons. The van der Waals surface area contributed by atoms with Crippen molar-refractivity contribution in [3.63, 3.8) is 0 Å². The van der Waals surface area contributed by atoms with Crippen LogP contribution in [0.15, 0.2) is 24.3 Å². The van der Waals surface area contributed by atoms with Crippen LogP contribution >= 0.6 is 0 Å². The summed E-state index contributed by atoms with van der Waals surface area (Å²) >= 11 is 0. The average molecular weight is 243 g/mol. The number of hydrogen-bond acceptors (Lipinski definition) is 1. The van der Waals surface area contributed by atoms with Gasteiger partial charge in [-0.15, -0.1) is 0 Å². The van der Waals surface area contributed by atoms with E-state index >= 15 is 0 Å². The second-order valence-corrected chi connectivity index (χ2v) is 6.07. The normalized spacial score (nSPS) is 27.9. The molecule has 1 amide bonds. The molecule has 0 saturated heterocycles. The number of nitrogens with zero attached hydrogens (tertiary/aromatic N) is 1. The summed E-state index contributed by atoms with van der Waals surface area (Å²) in [4.78, 5) is 14.4. The molecule has 1 aromatic carbocycles. The zero-order valence-electron chi connectivity index (χ0n) is 11.3. The van der Waals surface area contributed by atoms with Gasteiger partial charge in [-0.2, -0.15) is 0 Å². The maximum atomic E-state index is 12.6. The number of para-hydroxylation sites is 1. The van der Waals surface area contributed by atoms with Gasteiger partial charge in [-0.05, 0) is 30.9 Å². The van der Waals surface area contributed by atoms with Crippen molar-refractivity contribution >= 4 is 11.6 Å². The first kappa shape index (κ1) is 11.8. The second-order valence-electron chi connectivity index (χ2n) is 6.07. The number of anilines is 1. The van der Waals surface area contributed by atoms with E-state index in [0.29, 0.717) is 0 Å². The van der Waals surface area contributed by atoms with Gasteiger partial charge < -0.3 is 4.90 Å². The third-order valence-electron chi connectivity index (χ3n) is 4.81. The highest BCUT2D eigenvalue weighted by Crippen LogP contribution is 2.46. The van der Waals surface area contributed by atoms with E-state index in [4.69, 9.17) is 0 Å². The minimum Gasteiger partial charge on any atom is -0.314 e. The molecule has 1 fully saturated rings. The molecule has 2 heteroatoms. The van der Waals surface area contributed by atoms with Gasteiger partial charge in [0.25, 0.3) is 0 Å². The van der Waals surface area contributed by atoms with Crippen LogP contribution in [0.2, 0.25) is 0 Å². The van der Waals surface area contributed by atoms with Gasteiger partial charge in [-0.1, -0.05) is 43.9 Å². The predicted molar refractivity (Wildman–Crippen MR) is 73.8 cm³/mol. The Hall–Kier alpha value is -1.31. The highest BCUT2D eigenvalue weighted by Gasteiger charge is 2.46. The van der Waals surface area contributed by atoms with Crippen LogP contribution < -0.4 is 4.90 Å². The Kier molecular flexibility index (Phi) is 2.69. The topological polar surface area (TPSA) is 20.3 Å². The van der Waals surface area contributed by atoms with Crippen LogP contribution in [0, 0.1) is 5.92 Å². The maximum absolute atomic E-state index is 12.6. The monoisotopic (exact) mass is 243 g/mol. The van der Waals surface area contributed by atoms with Crippen molar-refractivity contribution in [3.05, 3.63) is 29.8 Å². The molecule has 1 aliphatic carbocycles. The first-order valence-corrected chi connectivity index (χ1v) is 7.00. The first-order valence-electron chi connectivity index (χ1n) is 7.00. The Morgan fingerprint density at radius 3 is 2.67 bits per heavy atom. The lowest BCUT2D eigenvalue weighted by atomic mass is 9.76. The quantitative estimate of drug-likeness (QED) is 0.778. The van der Waals surface area contributed by atoms with Crippen LogP contribution in [0.1, 0.15) is 44.6 Å². The van der Waals surface area contributed by atoms with Crippen LogP contribution in [0.3, 0.4) is 0 Å². The standard InChI is InChI=1S/C16H21NO/c1-16(11-12-7-3-4-8-12)13-9-5-6-10-14(13)17(2)15(16)18/h5-6,9-10,12H,3-4,7-8,11H2,1-2H3/t16-/m0/s1. The van der Waals surface area contributed by atoms with Gasteiger partial charge in [0.2, 0.25) is 5.91 Å². The maximum Gasteiger partial charge on any atom is 0.237 e. The summed E-state index contributed by atoms with van der Waals surface area (Å²) in [5.74, 6) is 1.01. The van der Waals surface area contributed by atoms with Gasteiger partial charge in [0, 0.05) is 12.7 Å². The zero-order chi connectivity index (χ0) is 12.8. The molecule has 1 saturated carbocycles. The van der Waals surface area contributed by atoms with Crippen molar-refractivity contribution in [3.8, 4) is 0 Å². The summed E-state index contributed by atoms with van der Waals surface area (Å²) in [6.07, 6.45) is 6.30. The Morgan fingerprint density at radius 1 is 1.28 bits per heavy atom. The fraction of sp³-hybridized carbons (Fsp3) is 0.562. The van der Waals surface area contributed by atoms with Crippen molar-refractivity contribution in [2.45, 2.75) is 44.4 Å². The van der Waals surface area contributed by atoms with Crippen molar-refractivity contribution in [1.82, 2.24) is 0 Å². The molecule has 2 aliphatic rings. The summed E-state index contributed by atoms with van der Waals surface area (Å²) in [7, 11) is 1.90. The molecule has 18 heavy (non-hydrogen) atoms. The van der Waals surface area contributed by atoms with E-state index in [-0.39, 0.29) is 11.3 Å². The van der Waals surface area contributed by atoms with Crippen LogP contribution in [0.25, 0.3) is 0 Å². The molecule has 0 N–H and O–H groups in total. The Morgan fingerprint density at radius 2 is 1.94 bits per heavy atom. The van der Waals surface area contributed by atoms with E-state index in [2.05, 4.69) is 25.1 Å². The van der Waals surface area contributed by atoms with Gasteiger partial charge in [-0.25, -0.2) is 0 Å². The Labute approximate surface area is 109 Å². The van der Waals surface area contributed by atoms with E-state index < -0.39 is 0 Å². The summed E-state index contributed by atoms with van der Waals surface area (Å²) in [5, 5.41) is 0. The highest BCUT2D eigenvalue weighted by atomic mass is 16.2. The fourth-order valence-corrected chi connectivity index (χ4v) is 3.82. The summed E-state index contributed by atoms with van der Waals surface area (Å²) in [6.45, 7) is 2.13. The molecule has 0 aromatic heterocycles. The van der Waals surface area contributed by atoms with Crippen LogP contribution in [-0.2, 0) is 10.2 Å². The van der Waals surface area contributed by atoms with Crippen molar-refractivity contribution in [2.24, 2.45) is 5.92 Å². The third kappa shape index (κ3) is 1.58. The number of rotatable bonds is 2. The Balaban J connectivity index is 1.97. The van der Waals surface area contributed by atoms with E-state index in [1.165, 1.54) is 31.2 Å². The van der Waals surface area contributed by atoms with Gasteiger partial charge in [0.15, 0.2) is 0 Å². The number of hydrogen-bond donors (Lipinski definition) is 0. The van der Waals surface area contributed by atoms with E-state index in [1.807, 2.05) is 18.0 Å². The number of benzene rings is 1. The lowest BCUT2D eigenvalue weighted by molar-refractivity contribution is -0.122. The molecule has 3 rings (SSSR count). The molecular weight excluding hydrogens is 222 g/mol. The number of amides is 1. The molecule has 1 aromatic rings. The van der Waals surface area contributed by atoms with Crippen LogP contribution in [-0.4, -0.2) is 13.0 Å². The molecule has 1 aliphatic heterocycles. The van der Waals surface area contributed by atoms with Gasteiger partial charge in [0.05, 0.1) is 5.41 Å². The minimum absolute atomic E-state index is 0.274. The molecular formula is C16H21NO. The third-order valence-corrected chi connectivity index (χ3v) is 4.81. The highest BCUT2D eigenvalue weighted by molar-refractivity contribution is 6.07. The van der Waals surface area contributed by atoms with Gasteiger partial charge in [0.1, 0.15) is 0 Å². The SMILES string of the molecule is CN1C(=O)[C@@](C)(CC2CCCC2)c2ccccc21. The molecule has 1 heterocycles. The predicted octanol–water partition coefficient (Wildman–Crippen LogP) is 3.50. The molecule has 0 unspecified atom stereocenters. The fourth-order valence-electron chi connectivity index (χ4n) is 3.82. The first-order chi connectivity index (χ1) is 8.63. The van der Waals surface area contributed by atoms with E-state index in [9.17, 15) is 4.79 Å². The summed E-state index contributed by atoms with van der Waals surface area (Å²) in [5.41, 5.74) is 2.03. The number of likely N-dealkylation sites (N-methyl/N-ethyl adjacent to an activating group) is 1. The molecule has 2 nitrogen and oxygen atoms in total. The molecule has 1 atom stereocenters. The number of fused-ring (bicyclic) bond motifs is 1. The van der Waals surface area contributed by atoms with Crippen LogP contribution in [0.5, 0.6) is 0 Å². The van der Waals surface area contributed by atoms with E-state index in [1.54, 1.807) is 0 Å². The lowest BCUT2D eigenvalue weighted by Crippen LogP contribution is -2.37. The van der Waals surface area contributed by atoms with Crippen LogP contribution in [0.4, 0.5) is 5.69 Å². The van der Waals surface area contributed by atoms with Gasteiger partial charge >= 0.3 is 0 Å². The Bertz CT molecular complexity index is 476. The number of carbonyl (C=O) groups excluding carboxylic acids is 1. The summed E-state index contributed by atoms with van der Waals surface area (Å²) < 4.78 is 0. The van der Waals surface area contributed by atoms with Crippen molar-refractivity contribution in [1.29, 1.82) is 0 Å². The van der Waals surface area contributed by atoms with E-state index in [0.717, 1.165) is 18.0 Å². The molecule has 0 bridgehead atoms. The molecule has 0 radical (unpaired) electrons. The average Bonchev–Trinajstić information content (AvgIpc) is 2.94. The second kappa shape index (κ2) is 4.11. The van der Waals surface area contributed by atoms with Crippen molar-refractivity contribution < 1.29 is 4.79 Å². The van der Waals surface area contributed by atoms with Crippen molar-refractivity contribution in [2.75, 3.05) is 11.9 Å². The summed E-state index contributed by atoms with van der Waals surface area (Å²) in [6, 6.07) is 8.26. The smallest absolute Gasteiger partial charge is 0.237 e. The largest absolute Gasteiger partial charge is 0.314 e. The number of carbonyl (C=O) groups is 1. The zero-order valence-corrected chi connectivity index (χ0v) is 11.3. The lowest BCUT2D eigenvalue weighted by Gasteiger charge is -2.26. The van der Waals surface area contributed by atoms with Gasteiger partial charge in [-0.3, -0.25) is 4.79 Å². The molecule has 0 spiro atoms. The minimum atomic E-state index is -0.291.